The second kappa shape index (κ2) is 12.0. The molecule has 0 aliphatic carbocycles. The summed E-state index contributed by atoms with van der Waals surface area (Å²) in [6, 6.07) is 0. The Kier molecular flexibility index (Phi) is 11.8. The largest absolute Gasteiger partial charge is 0.719 e. The summed E-state index contributed by atoms with van der Waals surface area (Å²) in [6.07, 6.45) is 3.04. The fraction of sp³-hybridized carbons (Fsp3) is 0.800. The molecule has 0 aromatic rings. The molecule has 31 heavy (non-hydrogen) atoms. The third-order valence-electron chi connectivity index (χ3n) is 3.79. The Labute approximate surface area is 194 Å². The van der Waals surface area contributed by atoms with E-state index in [2.05, 4.69) is 12.2 Å². The van der Waals surface area contributed by atoms with E-state index in [1.165, 1.54) is 0 Å². The van der Waals surface area contributed by atoms with Gasteiger partial charge in [0.05, 0.1) is 0 Å². The van der Waals surface area contributed by atoms with E-state index >= 15 is 0 Å². The highest BCUT2D eigenvalue weighted by Gasteiger charge is 2.57. The first kappa shape index (κ1) is 30.4. The number of nitrogens with one attached hydrogen (secondary N) is 1. The third-order valence-corrected chi connectivity index (χ3v) is 14.6. The molecule has 0 rings (SSSR count). The molecule has 7 nitrogen and oxygen atoms in total. The van der Waals surface area contributed by atoms with Gasteiger partial charge in [-0.15, -0.1) is 0 Å². The van der Waals surface area contributed by atoms with Crippen molar-refractivity contribution in [1.29, 1.82) is 0 Å². The minimum Gasteiger partial charge on any atom is -0.450 e. The zero-order valence-corrected chi connectivity index (χ0v) is 25.8. The maximum atomic E-state index is 13.1. The van der Waals surface area contributed by atoms with Crippen LogP contribution in [0.4, 0.5) is 0 Å². The van der Waals surface area contributed by atoms with Gasteiger partial charge in [-0.05, 0) is 79.2 Å². The van der Waals surface area contributed by atoms with Crippen LogP contribution in [0.3, 0.4) is 0 Å². The molecule has 0 fully saturated rings. The Hall–Kier alpha value is -0.572. The van der Waals surface area contributed by atoms with E-state index in [0.29, 0.717) is 12.1 Å². The van der Waals surface area contributed by atoms with Crippen LogP contribution in [0.25, 0.3) is 0 Å². The van der Waals surface area contributed by atoms with Crippen LogP contribution in [0.1, 0.15) is 40.0 Å². The molecule has 0 aromatic heterocycles. The third kappa shape index (κ3) is 13.5. The van der Waals surface area contributed by atoms with Crippen molar-refractivity contribution in [2.45, 2.75) is 99.0 Å². The lowest BCUT2D eigenvalue weighted by atomic mass is 10.1. The lowest BCUT2D eigenvalue weighted by Gasteiger charge is -2.40. The van der Waals surface area contributed by atoms with Gasteiger partial charge < -0.3 is 22.1 Å². The van der Waals surface area contributed by atoms with Crippen molar-refractivity contribution in [2.24, 2.45) is 0 Å². The molecule has 1 amide bonds. The first-order chi connectivity index (χ1) is 13.8. The smallest absolute Gasteiger partial charge is 0.450 e. The zero-order chi connectivity index (χ0) is 24.7. The van der Waals surface area contributed by atoms with Crippen LogP contribution in [0.5, 0.6) is 0 Å². The van der Waals surface area contributed by atoms with Crippen LogP contribution in [0, 0.1) is 0 Å². The summed E-state index contributed by atoms with van der Waals surface area (Å²) in [6.45, 7) is 24.1. The van der Waals surface area contributed by atoms with E-state index in [1.54, 1.807) is 13.8 Å². The molecule has 0 unspecified atom stereocenters. The summed E-state index contributed by atoms with van der Waals surface area (Å²) in [5.74, 6) is -0.885. The van der Waals surface area contributed by atoms with Gasteiger partial charge in [0.25, 0.3) is 0 Å². The topological polar surface area (TPSA) is 83.1 Å². The molecule has 0 heterocycles. The number of hydrogen-bond donors (Lipinski definition) is 1. The Morgan fingerprint density at radius 2 is 1.13 bits per heavy atom. The second-order valence-corrected chi connectivity index (χ2v) is 27.1. The van der Waals surface area contributed by atoms with Crippen molar-refractivity contribution in [3.63, 3.8) is 0 Å². The van der Waals surface area contributed by atoms with Gasteiger partial charge in [0.1, 0.15) is 0 Å². The average molecular weight is 508 g/mol. The molecule has 0 spiro atoms. The van der Waals surface area contributed by atoms with Crippen molar-refractivity contribution in [3.8, 4) is 0 Å². The van der Waals surface area contributed by atoms with E-state index in [9.17, 15) is 9.59 Å². The molecule has 0 atom stereocenters. The highest BCUT2D eigenvalue weighted by Crippen LogP contribution is 2.27. The molecule has 182 valence electrons. The highest BCUT2D eigenvalue weighted by atomic mass is 28.5. The van der Waals surface area contributed by atoms with Crippen LogP contribution in [0.15, 0.2) is 11.1 Å². The molecular weight excluding hydrogens is 463 g/mol. The maximum Gasteiger partial charge on any atom is 0.719 e. The summed E-state index contributed by atoms with van der Waals surface area (Å²) in [5.41, 5.74) is 0.570. The van der Waals surface area contributed by atoms with Crippen LogP contribution < -0.4 is 5.32 Å². The molecule has 0 bridgehead atoms. The Morgan fingerprint density at radius 3 is 1.48 bits per heavy atom. The standard InChI is InChI=1S/C20H45NO6Si4/c1-13-14-15-16-21-19(22)17(2)18(3)20(23)24-31(25-28(4,5)6,26-29(7,8)9)27-30(10,11)12/h13-16H2,1-12H3,(H,21,22)/b18-17+. The first-order valence-electron chi connectivity index (χ1n) is 11.1. The molecule has 0 aliphatic rings. The van der Waals surface area contributed by atoms with E-state index in [0.717, 1.165) is 19.3 Å². The molecule has 0 saturated carbocycles. The van der Waals surface area contributed by atoms with Gasteiger partial charge in [-0.1, -0.05) is 19.8 Å². The molecule has 0 aliphatic heterocycles. The number of carbonyl (C=O) groups is 2. The lowest BCUT2D eigenvalue weighted by Crippen LogP contribution is -2.63. The lowest BCUT2D eigenvalue weighted by molar-refractivity contribution is -0.135. The number of carbonyl (C=O) groups excluding carboxylic acids is 2. The minimum absolute atomic E-state index is 0.238. The summed E-state index contributed by atoms with van der Waals surface area (Å²) >= 11 is 0. The van der Waals surface area contributed by atoms with Crippen LogP contribution in [-0.4, -0.2) is 52.4 Å². The van der Waals surface area contributed by atoms with Crippen LogP contribution in [-0.2, 0) is 26.4 Å². The second-order valence-electron chi connectivity index (χ2n) is 10.7. The molecular formula is C20H45NO6Si4. The van der Waals surface area contributed by atoms with Gasteiger partial charge in [0.2, 0.25) is 5.91 Å². The van der Waals surface area contributed by atoms with Crippen LogP contribution in [0.2, 0.25) is 58.9 Å². The Bertz CT molecular complexity index is 607. The maximum absolute atomic E-state index is 13.1. The Morgan fingerprint density at radius 1 is 0.710 bits per heavy atom. The molecule has 0 saturated heterocycles. The molecule has 0 radical (unpaired) electrons. The van der Waals surface area contributed by atoms with Crippen LogP contribution >= 0.6 is 0 Å². The van der Waals surface area contributed by atoms with Crippen molar-refractivity contribution in [2.75, 3.05) is 6.54 Å². The normalized spacial score (nSPS) is 14.2. The van der Waals surface area contributed by atoms with Gasteiger partial charge in [-0.2, -0.15) is 0 Å². The fourth-order valence-electron chi connectivity index (χ4n) is 2.47. The minimum atomic E-state index is -3.77. The van der Waals surface area contributed by atoms with Crippen molar-refractivity contribution in [1.82, 2.24) is 5.32 Å². The van der Waals surface area contributed by atoms with E-state index < -0.39 is 40.0 Å². The van der Waals surface area contributed by atoms with Crippen molar-refractivity contribution in [3.05, 3.63) is 11.1 Å². The number of rotatable bonds is 13. The molecule has 11 heteroatoms. The SMILES string of the molecule is CCCCCNC(=O)/C(C)=C(\C)C(=O)O[Si](O[Si](C)(C)C)(O[Si](C)(C)C)O[Si](C)(C)C. The zero-order valence-electron chi connectivity index (χ0n) is 21.8. The average Bonchev–Trinajstić information content (AvgIpc) is 2.51. The number of unbranched alkanes of at least 4 members (excludes halogenated alkanes) is 2. The number of amides is 1. The predicted octanol–water partition coefficient (Wildman–Crippen LogP) is 5.16. The monoisotopic (exact) mass is 507 g/mol. The molecule has 0 aromatic carbocycles. The van der Waals surface area contributed by atoms with Gasteiger partial charge in [-0.3, -0.25) is 4.79 Å². The van der Waals surface area contributed by atoms with Gasteiger partial charge >= 0.3 is 15.0 Å². The first-order valence-corrected chi connectivity index (χ1v) is 23.0. The van der Waals surface area contributed by atoms with Crippen molar-refractivity contribution >= 4 is 45.9 Å². The Balaban J connectivity index is 5.88. The fourth-order valence-corrected chi connectivity index (χ4v) is 14.0. The summed E-state index contributed by atoms with van der Waals surface area (Å²) in [5, 5.41) is 2.86. The van der Waals surface area contributed by atoms with Crippen molar-refractivity contribution < 1.29 is 26.4 Å². The van der Waals surface area contributed by atoms with E-state index in [1.807, 2.05) is 58.9 Å². The number of hydrogen-bond acceptors (Lipinski definition) is 6. The van der Waals surface area contributed by atoms with Gasteiger partial charge in [0, 0.05) is 17.7 Å². The molecule has 1 N–H and O–H groups in total. The predicted molar refractivity (Wildman–Crippen MR) is 136 cm³/mol. The summed E-state index contributed by atoms with van der Waals surface area (Å²) in [7, 11) is -10.3. The summed E-state index contributed by atoms with van der Waals surface area (Å²) < 4.78 is 25.0. The highest BCUT2D eigenvalue weighted by molar-refractivity contribution is 6.88. The van der Waals surface area contributed by atoms with Gasteiger partial charge in [-0.25, -0.2) is 4.79 Å². The quantitative estimate of drug-likeness (QED) is 0.210. The van der Waals surface area contributed by atoms with E-state index in [4.69, 9.17) is 16.8 Å². The van der Waals surface area contributed by atoms with E-state index in [-0.39, 0.29) is 11.5 Å². The van der Waals surface area contributed by atoms with Gasteiger partial charge in [0.15, 0.2) is 25.0 Å². The summed E-state index contributed by atoms with van der Waals surface area (Å²) in [4.78, 5) is 25.6.